The number of likely N-dealkylation sites (N-methyl/N-ethyl adjacent to an activating group) is 1. The quantitative estimate of drug-likeness (QED) is 0.824. The number of rotatable bonds is 3. The molecule has 6 nitrogen and oxygen atoms in total. The monoisotopic (exact) mass is 262 g/mol. The molecule has 1 aromatic rings. The van der Waals surface area contributed by atoms with Crippen LogP contribution in [0.5, 0.6) is 0 Å². The fourth-order valence-electron chi connectivity index (χ4n) is 2.91. The minimum Gasteiger partial charge on any atom is -0.368 e. The molecule has 0 spiro atoms. The molecule has 1 atom stereocenters. The molecular formula is C13H22N6. The van der Waals surface area contributed by atoms with Crippen molar-refractivity contribution in [2.45, 2.75) is 25.3 Å². The zero-order valence-corrected chi connectivity index (χ0v) is 11.5. The van der Waals surface area contributed by atoms with Gasteiger partial charge in [0.05, 0.1) is 0 Å². The molecule has 2 aliphatic heterocycles. The van der Waals surface area contributed by atoms with Gasteiger partial charge in [-0.3, -0.25) is 0 Å². The number of nitrogens with one attached hydrogen (secondary N) is 1. The molecule has 3 rings (SSSR count). The third kappa shape index (κ3) is 2.58. The number of aromatic nitrogens is 2. The van der Waals surface area contributed by atoms with Crippen LogP contribution < -0.4 is 20.9 Å². The Balaban J connectivity index is 1.81. The van der Waals surface area contributed by atoms with Gasteiger partial charge in [-0.15, -0.1) is 0 Å². The highest BCUT2D eigenvalue weighted by Gasteiger charge is 2.24. The molecule has 0 aromatic carbocycles. The highest BCUT2D eigenvalue weighted by atomic mass is 15.3. The highest BCUT2D eigenvalue weighted by Crippen LogP contribution is 2.25. The van der Waals surface area contributed by atoms with E-state index in [-0.39, 0.29) is 0 Å². The second-order valence-electron chi connectivity index (χ2n) is 5.36. The van der Waals surface area contributed by atoms with Crippen LogP contribution in [-0.4, -0.2) is 49.2 Å². The summed E-state index contributed by atoms with van der Waals surface area (Å²) < 4.78 is 0. The number of nitrogens with two attached hydrogens (primary N) is 1. The van der Waals surface area contributed by atoms with Gasteiger partial charge in [0.2, 0.25) is 5.95 Å². The Morgan fingerprint density at radius 1 is 1.16 bits per heavy atom. The topological polar surface area (TPSA) is 70.3 Å². The number of hydrogen-bond donors (Lipinski definition) is 2. The fourth-order valence-corrected chi connectivity index (χ4v) is 2.91. The second-order valence-corrected chi connectivity index (χ2v) is 5.36. The summed E-state index contributed by atoms with van der Waals surface area (Å²) in [6.07, 6.45) is 3.63. The molecule has 19 heavy (non-hydrogen) atoms. The van der Waals surface area contributed by atoms with E-state index in [0.29, 0.717) is 12.0 Å². The van der Waals surface area contributed by atoms with Crippen molar-refractivity contribution in [1.29, 1.82) is 0 Å². The molecule has 0 amide bonds. The van der Waals surface area contributed by atoms with Crippen molar-refractivity contribution in [2.75, 3.05) is 48.8 Å². The van der Waals surface area contributed by atoms with Crippen molar-refractivity contribution in [3.8, 4) is 0 Å². The highest BCUT2D eigenvalue weighted by molar-refractivity contribution is 5.55. The largest absolute Gasteiger partial charge is 0.368 e. The van der Waals surface area contributed by atoms with Crippen molar-refractivity contribution in [2.24, 2.45) is 0 Å². The van der Waals surface area contributed by atoms with Gasteiger partial charge in [0.15, 0.2) is 0 Å². The molecule has 2 saturated heterocycles. The molecule has 3 heterocycles. The van der Waals surface area contributed by atoms with Crippen LogP contribution in [0.15, 0.2) is 6.07 Å². The summed E-state index contributed by atoms with van der Waals surface area (Å²) in [5.74, 6) is 2.33. The summed E-state index contributed by atoms with van der Waals surface area (Å²) >= 11 is 0. The Bertz CT molecular complexity index is 443. The third-order valence-corrected chi connectivity index (χ3v) is 4.07. The summed E-state index contributed by atoms with van der Waals surface area (Å²) in [4.78, 5) is 13.4. The number of hydrogen-bond acceptors (Lipinski definition) is 6. The zero-order chi connectivity index (χ0) is 13.2. The van der Waals surface area contributed by atoms with Crippen LogP contribution in [-0.2, 0) is 0 Å². The minimum atomic E-state index is 0.382. The van der Waals surface area contributed by atoms with Gasteiger partial charge in [-0.05, 0) is 26.3 Å². The van der Waals surface area contributed by atoms with Crippen molar-refractivity contribution in [3.63, 3.8) is 0 Å². The van der Waals surface area contributed by atoms with Gasteiger partial charge in [-0.1, -0.05) is 0 Å². The lowest BCUT2D eigenvalue weighted by Gasteiger charge is -2.21. The van der Waals surface area contributed by atoms with E-state index >= 15 is 0 Å². The lowest BCUT2D eigenvalue weighted by molar-refractivity contribution is 0.616. The van der Waals surface area contributed by atoms with E-state index in [2.05, 4.69) is 31.2 Å². The number of anilines is 3. The Morgan fingerprint density at radius 2 is 1.84 bits per heavy atom. The molecule has 104 valence electrons. The van der Waals surface area contributed by atoms with Crippen LogP contribution in [0.3, 0.4) is 0 Å². The lowest BCUT2D eigenvalue weighted by Crippen LogP contribution is -2.30. The maximum atomic E-state index is 5.87. The van der Waals surface area contributed by atoms with Gasteiger partial charge in [0, 0.05) is 38.3 Å². The fraction of sp³-hybridized carbons (Fsp3) is 0.692. The molecule has 0 aliphatic carbocycles. The van der Waals surface area contributed by atoms with Crippen LogP contribution >= 0.6 is 0 Å². The summed E-state index contributed by atoms with van der Waals surface area (Å²) in [7, 11) is 2.01. The Kier molecular flexibility index (Phi) is 3.42. The van der Waals surface area contributed by atoms with Crippen LogP contribution in [0.4, 0.5) is 17.6 Å². The summed E-state index contributed by atoms with van der Waals surface area (Å²) in [6.45, 7) is 4.18. The van der Waals surface area contributed by atoms with Gasteiger partial charge in [0.1, 0.15) is 11.6 Å². The Labute approximate surface area is 114 Å². The third-order valence-electron chi connectivity index (χ3n) is 4.07. The van der Waals surface area contributed by atoms with Crippen molar-refractivity contribution >= 4 is 17.6 Å². The first kappa shape index (κ1) is 12.5. The predicted octanol–water partition coefficient (Wildman–Crippen LogP) is 0.457. The molecule has 0 unspecified atom stereocenters. The van der Waals surface area contributed by atoms with E-state index < -0.39 is 0 Å². The van der Waals surface area contributed by atoms with Crippen LogP contribution in [0.1, 0.15) is 19.3 Å². The molecule has 0 bridgehead atoms. The van der Waals surface area contributed by atoms with E-state index in [1.54, 1.807) is 0 Å². The molecule has 0 saturated carbocycles. The predicted molar refractivity (Wildman–Crippen MR) is 77.6 cm³/mol. The summed E-state index contributed by atoms with van der Waals surface area (Å²) in [5, 5.41) is 3.32. The first-order chi connectivity index (χ1) is 9.26. The molecular weight excluding hydrogens is 240 g/mol. The van der Waals surface area contributed by atoms with Crippen LogP contribution in [0.25, 0.3) is 0 Å². The maximum Gasteiger partial charge on any atom is 0.223 e. The number of nitrogens with zero attached hydrogens (tertiary/aromatic N) is 4. The molecule has 0 radical (unpaired) electrons. The van der Waals surface area contributed by atoms with Gasteiger partial charge >= 0.3 is 0 Å². The van der Waals surface area contributed by atoms with Crippen molar-refractivity contribution < 1.29 is 0 Å². The summed E-state index contributed by atoms with van der Waals surface area (Å²) in [6, 6.07) is 2.63. The molecule has 3 N–H and O–H groups in total. The number of nitrogen functional groups attached to an aromatic ring is 1. The standard InChI is InChI=1S/C13H22N6/c1-15-10-4-7-19(9-10)12-8-11(16-13(14)17-12)18-5-2-3-6-18/h8,10,15H,2-7,9H2,1H3,(H2,14,16,17)/t10-/m1/s1. The van der Waals surface area contributed by atoms with Crippen LogP contribution in [0.2, 0.25) is 0 Å². The van der Waals surface area contributed by atoms with Gasteiger partial charge in [-0.2, -0.15) is 9.97 Å². The summed E-state index contributed by atoms with van der Waals surface area (Å²) in [5.41, 5.74) is 5.87. The van der Waals surface area contributed by atoms with Gasteiger partial charge in [0.25, 0.3) is 0 Å². The zero-order valence-electron chi connectivity index (χ0n) is 11.5. The second kappa shape index (κ2) is 5.21. The Morgan fingerprint density at radius 3 is 2.47 bits per heavy atom. The minimum absolute atomic E-state index is 0.382. The van der Waals surface area contributed by atoms with E-state index in [1.807, 2.05) is 7.05 Å². The van der Waals surface area contributed by atoms with Crippen molar-refractivity contribution in [1.82, 2.24) is 15.3 Å². The first-order valence-electron chi connectivity index (χ1n) is 7.08. The smallest absolute Gasteiger partial charge is 0.223 e. The van der Waals surface area contributed by atoms with Gasteiger partial charge in [-0.25, -0.2) is 0 Å². The maximum absolute atomic E-state index is 5.87. The average Bonchev–Trinajstić information content (AvgIpc) is 3.09. The molecule has 6 heteroatoms. The molecule has 2 aliphatic rings. The van der Waals surface area contributed by atoms with Crippen molar-refractivity contribution in [3.05, 3.63) is 6.07 Å². The molecule has 1 aromatic heterocycles. The van der Waals surface area contributed by atoms with Crippen LogP contribution in [0, 0.1) is 0 Å². The average molecular weight is 262 g/mol. The SMILES string of the molecule is CN[C@@H]1CCN(c2cc(N3CCCC3)nc(N)n2)C1. The van der Waals surface area contributed by atoms with Gasteiger partial charge < -0.3 is 20.9 Å². The lowest BCUT2D eigenvalue weighted by atomic mass is 10.3. The normalized spacial score (nSPS) is 23.3. The van der Waals surface area contributed by atoms with E-state index in [4.69, 9.17) is 5.73 Å². The Hall–Kier alpha value is -1.56. The first-order valence-corrected chi connectivity index (χ1v) is 7.08. The molecule has 2 fully saturated rings. The van der Waals surface area contributed by atoms with E-state index in [9.17, 15) is 0 Å². The van der Waals surface area contributed by atoms with E-state index in [1.165, 1.54) is 12.8 Å². The van der Waals surface area contributed by atoms with E-state index in [0.717, 1.165) is 44.2 Å².